The summed E-state index contributed by atoms with van der Waals surface area (Å²) in [4.78, 5) is 11.8. The van der Waals surface area contributed by atoms with Gasteiger partial charge in [-0.25, -0.2) is 4.79 Å². The summed E-state index contributed by atoms with van der Waals surface area (Å²) in [7, 11) is 3.14. The second-order valence-electron chi connectivity index (χ2n) is 4.47. The van der Waals surface area contributed by atoms with Crippen molar-refractivity contribution >= 4 is 27.6 Å². The van der Waals surface area contributed by atoms with E-state index in [0.29, 0.717) is 11.4 Å². The van der Waals surface area contributed by atoms with Gasteiger partial charge in [-0.05, 0) is 35.0 Å². The molecule has 1 aromatic carbocycles. The van der Waals surface area contributed by atoms with Crippen molar-refractivity contribution in [2.24, 2.45) is 7.05 Å². The second kappa shape index (κ2) is 6.17. The number of ether oxygens (including phenoxy) is 2. The average Bonchev–Trinajstić information content (AvgIpc) is 2.69. The molecular formula is C14H16BrN3O3. The number of nitrogens with zero attached hydrogens (tertiary/aromatic N) is 2. The van der Waals surface area contributed by atoms with Crippen molar-refractivity contribution in [1.82, 2.24) is 9.78 Å². The monoisotopic (exact) mass is 353 g/mol. The lowest BCUT2D eigenvalue weighted by Gasteiger charge is -2.12. The fourth-order valence-electron chi connectivity index (χ4n) is 1.97. The van der Waals surface area contributed by atoms with E-state index in [2.05, 4.69) is 21.0 Å². The van der Waals surface area contributed by atoms with Crippen LogP contribution in [0.1, 0.15) is 21.7 Å². The van der Waals surface area contributed by atoms with E-state index in [9.17, 15) is 4.79 Å². The van der Waals surface area contributed by atoms with E-state index in [1.807, 2.05) is 14.0 Å². The third-order valence-corrected chi connectivity index (χ3v) is 4.11. The Bertz CT molecular complexity index is 682. The molecule has 0 aliphatic heterocycles. The number of nitrogens with two attached hydrogens (primary N) is 1. The van der Waals surface area contributed by atoms with Crippen LogP contribution in [-0.4, -0.2) is 22.9 Å². The molecule has 2 N–H and O–H groups in total. The Hall–Kier alpha value is -2.02. The van der Waals surface area contributed by atoms with Crippen molar-refractivity contribution in [3.8, 4) is 5.75 Å². The number of aryl methyl sites for hydroxylation is 2. The van der Waals surface area contributed by atoms with Crippen LogP contribution in [-0.2, 0) is 18.4 Å². The van der Waals surface area contributed by atoms with Gasteiger partial charge in [-0.2, -0.15) is 5.10 Å². The molecule has 0 unspecified atom stereocenters. The molecular weight excluding hydrogens is 338 g/mol. The SMILES string of the molecule is COC(=O)c1c(N)cccc1OCc1c(Br)c(C)nn1C. The number of rotatable bonds is 4. The Morgan fingerprint density at radius 3 is 2.76 bits per heavy atom. The number of benzene rings is 1. The van der Waals surface area contributed by atoms with E-state index in [4.69, 9.17) is 15.2 Å². The maximum absolute atomic E-state index is 11.8. The van der Waals surface area contributed by atoms with Crippen LogP contribution in [0.3, 0.4) is 0 Å². The summed E-state index contributed by atoms with van der Waals surface area (Å²) in [6, 6.07) is 5.03. The van der Waals surface area contributed by atoms with Crippen molar-refractivity contribution in [3.05, 3.63) is 39.6 Å². The van der Waals surface area contributed by atoms with E-state index in [1.54, 1.807) is 22.9 Å². The molecule has 1 heterocycles. The van der Waals surface area contributed by atoms with Crippen LogP contribution in [0.15, 0.2) is 22.7 Å². The van der Waals surface area contributed by atoms with Gasteiger partial charge < -0.3 is 15.2 Å². The van der Waals surface area contributed by atoms with E-state index in [-0.39, 0.29) is 12.2 Å². The highest BCUT2D eigenvalue weighted by molar-refractivity contribution is 9.10. The average molecular weight is 354 g/mol. The van der Waals surface area contributed by atoms with E-state index >= 15 is 0 Å². The van der Waals surface area contributed by atoms with Crippen LogP contribution < -0.4 is 10.5 Å². The summed E-state index contributed by atoms with van der Waals surface area (Å²) < 4.78 is 13.1. The van der Waals surface area contributed by atoms with Gasteiger partial charge in [0.1, 0.15) is 17.9 Å². The van der Waals surface area contributed by atoms with Crippen LogP contribution in [0.2, 0.25) is 0 Å². The summed E-state index contributed by atoms with van der Waals surface area (Å²) >= 11 is 3.47. The van der Waals surface area contributed by atoms with Crippen LogP contribution >= 0.6 is 15.9 Å². The fraction of sp³-hybridized carbons (Fsp3) is 0.286. The second-order valence-corrected chi connectivity index (χ2v) is 5.26. The smallest absolute Gasteiger partial charge is 0.343 e. The first-order valence-corrected chi connectivity index (χ1v) is 7.02. The minimum Gasteiger partial charge on any atom is -0.486 e. The van der Waals surface area contributed by atoms with E-state index in [0.717, 1.165) is 15.9 Å². The predicted molar refractivity (Wildman–Crippen MR) is 82.2 cm³/mol. The Kier molecular flexibility index (Phi) is 4.52. The lowest BCUT2D eigenvalue weighted by atomic mass is 10.1. The number of esters is 1. The van der Waals surface area contributed by atoms with Gasteiger partial charge in [-0.3, -0.25) is 4.68 Å². The number of anilines is 1. The van der Waals surface area contributed by atoms with Gasteiger partial charge in [0, 0.05) is 12.7 Å². The van der Waals surface area contributed by atoms with Gasteiger partial charge >= 0.3 is 5.97 Å². The molecule has 0 spiro atoms. The van der Waals surface area contributed by atoms with Gasteiger partial charge in [0.2, 0.25) is 0 Å². The Balaban J connectivity index is 2.28. The first-order chi connectivity index (χ1) is 9.95. The molecule has 0 aliphatic carbocycles. The molecule has 7 heteroatoms. The molecule has 0 saturated carbocycles. The maximum Gasteiger partial charge on any atom is 0.343 e. The van der Waals surface area contributed by atoms with Crippen LogP contribution in [0.5, 0.6) is 5.75 Å². The summed E-state index contributed by atoms with van der Waals surface area (Å²) in [6.07, 6.45) is 0. The Morgan fingerprint density at radius 2 is 2.19 bits per heavy atom. The van der Waals surface area contributed by atoms with Gasteiger partial charge in [0.15, 0.2) is 0 Å². The number of aromatic nitrogens is 2. The highest BCUT2D eigenvalue weighted by atomic mass is 79.9. The zero-order valence-corrected chi connectivity index (χ0v) is 13.6. The molecule has 0 aliphatic rings. The number of nitrogen functional groups attached to an aromatic ring is 1. The minimum absolute atomic E-state index is 0.231. The molecule has 2 aromatic rings. The summed E-state index contributed by atoms with van der Waals surface area (Å²) in [6.45, 7) is 2.15. The van der Waals surface area contributed by atoms with E-state index < -0.39 is 5.97 Å². The molecule has 1 aromatic heterocycles. The molecule has 2 rings (SSSR count). The first kappa shape index (κ1) is 15.4. The number of carbonyl (C=O) groups is 1. The van der Waals surface area contributed by atoms with Crippen molar-refractivity contribution in [2.75, 3.05) is 12.8 Å². The highest BCUT2D eigenvalue weighted by Gasteiger charge is 2.18. The fourth-order valence-corrected chi connectivity index (χ4v) is 2.42. The van der Waals surface area contributed by atoms with Crippen molar-refractivity contribution in [1.29, 1.82) is 0 Å². The molecule has 112 valence electrons. The molecule has 0 amide bonds. The van der Waals surface area contributed by atoms with Gasteiger partial charge in [0.05, 0.1) is 23.0 Å². The largest absolute Gasteiger partial charge is 0.486 e. The third-order valence-electron chi connectivity index (χ3n) is 3.07. The lowest BCUT2D eigenvalue weighted by Crippen LogP contribution is -2.10. The van der Waals surface area contributed by atoms with Gasteiger partial charge in [-0.15, -0.1) is 0 Å². The van der Waals surface area contributed by atoms with Crippen LogP contribution in [0.25, 0.3) is 0 Å². The van der Waals surface area contributed by atoms with E-state index in [1.165, 1.54) is 7.11 Å². The zero-order valence-electron chi connectivity index (χ0n) is 12.0. The predicted octanol–water partition coefficient (Wildman–Crippen LogP) is 2.44. The summed E-state index contributed by atoms with van der Waals surface area (Å²) in [5, 5.41) is 4.29. The van der Waals surface area contributed by atoms with Crippen molar-refractivity contribution in [2.45, 2.75) is 13.5 Å². The number of halogens is 1. The maximum atomic E-state index is 11.8. The first-order valence-electron chi connectivity index (χ1n) is 6.23. The molecule has 0 saturated heterocycles. The van der Waals surface area contributed by atoms with Crippen molar-refractivity contribution < 1.29 is 14.3 Å². The van der Waals surface area contributed by atoms with Gasteiger partial charge in [0.25, 0.3) is 0 Å². The summed E-state index contributed by atoms with van der Waals surface area (Å²) in [5.74, 6) is -0.143. The number of hydrogen-bond donors (Lipinski definition) is 1. The Labute approximate surface area is 131 Å². The number of carbonyl (C=O) groups excluding carboxylic acids is 1. The normalized spacial score (nSPS) is 10.5. The molecule has 0 radical (unpaired) electrons. The number of hydrogen-bond acceptors (Lipinski definition) is 5. The molecule has 0 atom stereocenters. The van der Waals surface area contributed by atoms with Gasteiger partial charge in [-0.1, -0.05) is 6.07 Å². The zero-order chi connectivity index (χ0) is 15.6. The standard InChI is InChI=1S/C14H16BrN3O3/c1-8-13(15)10(18(2)17-8)7-21-11-6-4-5-9(16)12(11)14(19)20-3/h4-6H,7,16H2,1-3H3. The Morgan fingerprint density at radius 1 is 1.48 bits per heavy atom. The summed E-state index contributed by atoms with van der Waals surface area (Å²) in [5.41, 5.74) is 8.11. The minimum atomic E-state index is -0.525. The quantitative estimate of drug-likeness (QED) is 0.674. The van der Waals surface area contributed by atoms with Crippen LogP contribution in [0.4, 0.5) is 5.69 Å². The third kappa shape index (κ3) is 3.02. The molecule has 0 bridgehead atoms. The molecule has 0 fully saturated rings. The number of methoxy groups -OCH3 is 1. The molecule has 21 heavy (non-hydrogen) atoms. The van der Waals surface area contributed by atoms with Crippen molar-refractivity contribution in [3.63, 3.8) is 0 Å². The lowest BCUT2D eigenvalue weighted by molar-refractivity contribution is 0.0596. The topological polar surface area (TPSA) is 79.4 Å². The highest BCUT2D eigenvalue weighted by Crippen LogP contribution is 2.27. The van der Waals surface area contributed by atoms with Crippen LogP contribution in [0, 0.1) is 6.92 Å². The molecule has 6 nitrogen and oxygen atoms in total.